The Kier molecular flexibility index (Phi) is 5.32. The number of aliphatic hydroxyl groups is 1. The van der Waals surface area contributed by atoms with Crippen LogP contribution in [0.5, 0.6) is 5.88 Å². The van der Waals surface area contributed by atoms with E-state index in [2.05, 4.69) is 37.6 Å². The Hall–Kier alpha value is -1.13. The Morgan fingerprint density at radius 3 is 2.42 bits per heavy atom. The van der Waals surface area contributed by atoms with Crippen molar-refractivity contribution in [2.45, 2.75) is 45.8 Å². The summed E-state index contributed by atoms with van der Waals surface area (Å²) in [5.74, 6) is 0.904. The smallest absolute Gasteiger partial charge is 0.213 e. The molecule has 19 heavy (non-hydrogen) atoms. The van der Waals surface area contributed by atoms with Crippen LogP contribution in [-0.4, -0.2) is 41.2 Å². The quantitative estimate of drug-likeness (QED) is 0.859. The van der Waals surface area contributed by atoms with Crippen LogP contribution in [0.4, 0.5) is 0 Å². The van der Waals surface area contributed by atoms with Gasteiger partial charge in [-0.25, -0.2) is 4.98 Å². The summed E-state index contributed by atoms with van der Waals surface area (Å²) in [5.41, 5.74) is 1.73. The minimum atomic E-state index is -0.0606. The molecular formula is C15H26N2O2. The van der Waals surface area contributed by atoms with Gasteiger partial charge in [0.1, 0.15) is 6.61 Å². The lowest BCUT2D eigenvalue weighted by Gasteiger charge is -2.32. The number of hydrogen-bond acceptors (Lipinski definition) is 4. The van der Waals surface area contributed by atoms with Gasteiger partial charge in [-0.3, -0.25) is 0 Å². The average molecular weight is 266 g/mol. The van der Waals surface area contributed by atoms with Crippen LogP contribution in [0.3, 0.4) is 0 Å². The van der Waals surface area contributed by atoms with Crippen LogP contribution in [0, 0.1) is 0 Å². The minimum absolute atomic E-state index is 0.00960. The zero-order chi connectivity index (χ0) is 14.6. The molecule has 0 aliphatic heterocycles. The number of likely N-dealkylation sites (N-methyl/N-ethyl adjacent to an activating group) is 1. The molecule has 1 aromatic heterocycles. The second-order valence-corrected chi connectivity index (χ2v) is 6.05. The zero-order valence-corrected chi connectivity index (χ0v) is 12.9. The van der Waals surface area contributed by atoms with Gasteiger partial charge in [0.15, 0.2) is 0 Å². The van der Waals surface area contributed by atoms with Gasteiger partial charge in [0, 0.05) is 17.3 Å². The highest BCUT2D eigenvalue weighted by molar-refractivity contribution is 5.26. The fourth-order valence-electron chi connectivity index (χ4n) is 1.42. The summed E-state index contributed by atoms with van der Waals surface area (Å²) >= 11 is 0. The van der Waals surface area contributed by atoms with Crippen molar-refractivity contribution in [3.05, 3.63) is 23.4 Å². The van der Waals surface area contributed by atoms with E-state index in [1.807, 2.05) is 20.2 Å². The van der Waals surface area contributed by atoms with Crippen LogP contribution in [0.25, 0.3) is 0 Å². The van der Waals surface area contributed by atoms with Gasteiger partial charge in [-0.2, -0.15) is 0 Å². The SMILES string of the molecule is CC(C)c1cc(CO)cc(OCC(C)(C)N(C)C)n1. The first-order chi connectivity index (χ1) is 8.76. The van der Waals surface area contributed by atoms with E-state index in [-0.39, 0.29) is 12.1 Å². The van der Waals surface area contributed by atoms with Gasteiger partial charge in [0.2, 0.25) is 5.88 Å². The van der Waals surface area contributed by atoms with Gasteiger partial charge >= 0.3 is 0 Å². The Morgan fingerprint density at radius 1 is 1.32 bits per heavy atom. The van der Waals surface area contributed by atoms with Crippen molar-refractivity contribution in [1.29, 1.82) is 0 Å². The molecule has 4 nitrogen and oxygen atoms in total. The largest absolute Gasteiger partial charge is 0.476 e. The Morgan fingerprint density at radius 2 is 1.95 bits per heavy atom. The third-order valence-corrected chi connectivity index (χ3v) is 3.44. The van der Waals surface area contributed by atoms with Gasteiger partial charge in [-0.1, -0.05) is 13.8 Å². The van der Waals surface area contributed by atoms with Crippen LogP contribution in [0.1, 0.15) is 44.9 Å². The molecule has 1 heterocycles. The van der Waals surface area contributed by atoms with E-state index in [9.17, 15) is 5.11 Å². The van der Waals surface area contributed by atoms with E-state index in [4.69, 9.17) is 4.74 Å². The van der Waals surface area contributed by atoms with Gasteiger partial charge in [-0.05, 0) is 45.5 Å². The summed E-state index contributed by atoms with van der Waals surface area (Å²) in [5, 5.41) is 9.29. The molecule has 0 saturated heterocycles. The second kappa shape index (κ2) is 6.35. The lowest BCUT2D eigenvalue weighted by Crippen LogP contribution is -2.43. The molecule has 0 atom stereocenters. The van der Waals surface area contributed by atoms with Crippen LogP contribution in [0.15, 0.2) is 12.1 Å². The van der Waals surface area contributed by atoms with Crippen molar-refractivity contribution in [2.24, 2.45) is 0 Å². The standard InChI is InChI=1S/C15H26N2O2/c1-11(2)13-7-12(9-18)8-14(16-13)19-10-15(3,4)17(5)6/h7-8,11,18H,9-10H2,1-6H3. The van der Waals surface area contributed by atoms with E-state index < -0.39 is 0 Å². The number of nitrogens with zero attached hydrogens (tertiary/aromatic N) is 2. The molecule has 0 radical (unpaired) electrons. The molecule has 1 N–H and O–H groups in total. The van der Waals surface area contributed by atoms with Crippen molar-refractivity contribution in [2.75, 3.05) is 20.7 Å². The highest BCUT2D eigenvalue weighted by Crippen LogP contribution is 2.20. The first-order valence-corrected chi connectivity index (χ1v) is 6.68. The fraction of sp³-hybridized carbons (Fsp3) is 0.667. The minimum Gasteiger partial charge on any atom is -0.476 e. The maximum Gasteiger partial charge on any atom is 0.213 e. The van der Waals surface area contributed by atoms with Crippen molar-refractivity contribution in [3.63, 3.8) is 0 Å². The van der Waals surface area contributed by atoms with E-state index in [1.165, 1.54) is 0 Å². The van der Waals surface area contributed by atoms with Gasteiger partial charge < -0.3 is 14.7 Å². The van der Waals surface area contributed by atoms with Gasteiger partial charge in [-0.15, -0.1) is 0 Å². The molecule has 0 fully saturated rings. The van der Waals surface area contributed by atoms with Gasteiger partial charge in [0.05, 0.1) is 6.61 Å². The lowest BCUT2D eigenvalue weighted by atomic mass is 10.1. The predicted octanol–water partition coefficient (Wildman–Crippen LogP) is 2.42. The van der Waals surface area contributed by atoms with Gasteiger partial charge in [0.25, 0.3) is 0 Å². The normalized spacial score (nSPS) is 12.3. The maximum absolute atomic E-state index is 9.29. The number of hydrogen-bond donors (Lipinski definition) is 1. The molecule has 108 valence electrons. The molecule has 0 unspecified atom stereocenters. The number of aromatic nitrogens is 1. The molecule has 4 heteroatoms. The highest BCUT2D eigenvalue weighted by atomic mass is 16.5. The molecule has 0 aliphatic rings. The predicted molar refractivity (Wildman–Crippen MR) is 77.5 cm³/mol. The summed E-state index contributed by atoms with van der Waals surface area (Å²) < 4.78 is 5.80. The Balaban J connectivity index is 2.86. The van der Waals surface area contributed by atoms with Crippen LogP contribution in [-0.2, 0) is 6.61 Å². The highest BCUT2D eigenvalue weighted by Gasteiger charge is 2.21. The molecule has 1 aromatic rings. The van der Waals surface area contributed by atoms with Crippen molar-refractivity contribution in [1.82, 2.24) is 9.88 Å². The average Bonchev–Trinajstić information content (AvgIpc) is 2.35. The molecule has 0 aliphatic carbocycles. The molecular weight excluding hydrogens is 240 g/mol. The lowest BCUT2D eigenvalue weighted by molar-refractivity contribution is 0.110. The molecule has 0 amide bonds. The summed E-state index contributed by atoms with van der Waals surface area (Å²) in [7, 11) is 4.06. The number of rotatable bonds is 6. The molecule has 1 rings (SSSR count). The maximum atomic E-state index is 9.29. The molecule has 0 saturated carbocycles. The first-order valence-electron chi connectivity index (χ1n) is 6.68. The van der Waals surface area contributed by atoms with E-state index >= 15 is 0 Å². The van der Waals surface area contributed by atoms with Crippen molar-refractivity contribution in [3.8, 4) is 5.88 Å². The van der Waals surface area contributed by atoms with E-state index in [0.29, 0.717) is 18.4 Å². The van der Waals surface area contributed by atoms with E-state index in [1.54, 1.807) is 6.07 Å². The zero-order valence-electron chi connectivity index (χ0n) is 12.9. The third kappa shape index (κ3) is 4.48. The molecule has 0 spiro atoms. The van der Waals surface area contributed by atoms with Crippen molar-refractivity contribution < 1.29 is 9.84 Å². The number of aliphatic hydroxyl groups excluding tert-OH is 1. The van der Waals surface area contributed by atoms with Crippen LogP contribution < -0.4 is 4.74 Å². The Bertz CT molecular complexity index is 415. The topological polar surface area (TPSA) is 45.6 Å². The van der Waals surface area contributed by atoms with Crippen LogP contribution >= 0.6 is 0 Å². The summed E-state index contributed by atoms with van der Waals surface area (Å²) in [6, 6.07) is 3.73. The molecule has 0 aromatic carbocycles. The van der Waals surface area contributed by atoms with Crippen LogP contribution in [0.2, 0.25) is 0 Å². The van der Waals surface area contributed by atoms with Crippen molar-refractivity contribution >= 4 is 0 Å². The number of ether oxygens (including phenoxy) is 1. The number of pyridine rings is 1. The first kappa shape index (κ1) is 15.9. The monoisotopic (exact) mass is 266 g/mol. The summed E-state index contributed by atoms with van der Waals surface area (Å²) in [6.07, 6.45) is 0. The Labute approximate surface area is 116 Å². The fourth-order valence-corrected chi connectivity index (χ4v) is 1.42. The third-order valence-electron chi connectivity index (χ3n) is 3.44. The second-order valence-electron chi connectivity index (χ2n) is 6.05. The molecule has 0 bridgehead atoms. The van der Waals surface area contributed by atoms with E-state index in [0.717, 1.165) is 11.3 Å². The summed E-state index contributed by atoms with van der Waals surface area (Å²) in [6.45, 7) is 8.96. The summed E-state index contributed by atoms with van der Waals surface area (Å²) in [4.78, 5) is 6.61.